The van der Waals surface area contributed by atoms with Gasteiger partial charge in [-0.1, -0.05) is 0 Å². The maximum Gasteiger partial charge on any atom is 0.218 e. The molecule has 0 atom stereocenters. The van der Waals surface area contributed by atoms with Crippen molar-refractivity contribution < 1.29 is 9.53 Å². The van der Waals surface area contributed by atoms with Crippen LogP contribution >= 0.6 is 0 Å². The topological polar surface area (TPSA) is 97.0 Å². The molecular weight excluding hydrogens is 236 g/mol. The molecule has 0 unspecified atom stereocenters. The van der Waals surface area contributed by atoms with Gasteiger partial charge in [-0.15, -0.1) is 0 Å². The summed E-state index contributed by atoms with van der Waals surface area (Å²) in [5.74, 6) is 0.0532. The van der Waals surface area contributed by atoms with Gasteiger partial charge in [-0.3, -0.25) is 9.59 Å². The van der Waals surface area contributed by atoms with Gasteiger partial charge in [0, 0.05) is 19.3 Å². The smallest absolute Gasteiger partial charge is 0.218 e. The molecule has 0 aliphatic heterocycles. The van der Waals surface area contributed by atoms with Crippen molar-refractivity contribution in [2.24, 2.45) is 0 Å². The minimum Gasteiger partial charge on any atom is -0.482 e. The minimum absolute atomic E-state index is 0.0837. The van der Waals surface area contributed by atoms with Crippen LogP contribution in [0.25, 0.3) is 11.2 Å². The summed E-state index contributed by atoms with van der Waals surface area (Å²) >= 11 is 0. The number of aromatic nitrogens is 3. The number of ether oxygens (including phenoxy) is 1. The summed E-state index contributed by atoms with van der Waals surface area (Å²) in [4.78, 5) is 33.9. The van der Waals surface area contributed by atoms with Crippen LogP contribution < -0.4 is 15.5 Å². The van der Waals surface area contributed by atoms with Crippen molar-refractivity contribution in [3.8, 4) is 5.88 Å². The molecule has 2 N–H and O–H groups in total. The first-order chi connectivity index (χ1) is 8.63. The maximum absolute atomic E-state index is 12.2. The van der Waals surface area contributed by atoms with E-state index in [1.165, 1.54) is 26.4 Å². The molecule has 2 rings (SSSR count). The fourth-order valence-electron chi connectivity index (χ4n) is 1.57. The molecule has 7 heteroatoms. The summed E-state index contributed by atoms with van der Waals surface area (Å²) in [5, 5.41) is 2.55. The van der Waals surface area contributed by atoms with Crippen LogP contribution in [0.4, 0.5) is 0 Å². The normalized spacial score (nSPS) is 10.3. The number of carbonyl (C=O) groups excluding carboxylic acids is 1. The highest BCUT2D eigenvalue weighted by Crippen LogP contribution is 2.14. The van der Waals surface area contributed by atoms with E-state index in [9.17, 15) is 9.59 Å². The molecule has 0 fully saturated rings. The van der Waals surface area contributed by atoms with E-state index in [4.69, 9.17) is 4.74 Å². The van der Waals surface area contributed by atoms with Crippen LogP contribution in [0.3, 0.4) is 0 Å². The van der Waals surface area contributed by atoms with Crippen LogP contribution in [0.5, 0.6) is 5.88 Å². The maximum atomic E-state index is 12.2. The van der Waals surface area contributed by atoms with Gasteiger partial charge in [-0.2, -0.15) is 0 Å². The van der Waals surface area contributed by atoms with Crippen molar-refractivity contribution in [3.05, 3.63) is 28.2 Å². The number of nitrogens with zero attached hydrogens (tertiary/aromatic N) is 2. The molecule has 1 amide bonds. The third-order valence-corrected chi connectivity index (χ3v) is 2.41. The van der Waals surface area contributed by atoms with Gasteiger partial charge in [0.15, 0.2) is 11.2 Å². The number of hydrogen-bond donors (Lipinski definition) is 2. The van der Waals surface area contributed by atoms with Gasteiger partial charge in [0.05, 0.1) is 19.2 Å². The molecule has 0 radical (unpaired) electrons. The molecule has 0 saturated carbocycles. The second-order valence-corrected chi connectivity index (χ2v) is 3.63. The molecule has 2 aromatic rings. The molecule has 0 aromatic carbocycles. The van der Waals surface area contributed by atoms with Crippen molar-refractivity contribution >= 4 is 17.1 Å². The number of amides is 1. The van der Waals surface area contributed by atoms with Gasteiger partial charge in [0.25, 0.3) is 0 Å². The van der Waals surface area contributed by atoms with Crippen LogP contribution in [0.2, 0.25) is 0 Å². The molecule has 94 valence electrons. The van der Waals surface area contributed by atoms with Crippen LogP contribution in [0.15, 0.2) is 17.2 Å². The van der Waals surface area contributed by atoms with E-state index in [0.717, 1.165) is 0 Å². The number of rotatable bonds is 3. The highest BCUT2D eigenvalue weighted by molar-refractivity contribution is 5.74. The highest BCUT2D eigenvalue weighted by Gasteiger charge is 2.14. The van der Waals surface area contributed by atoms with Gasteiger partial charge >= 0.3 is 0 Å². The van der Waals surface area contributed by atoms with Crippen molar-refractivity contribution in [3.63, 3.8) is 0 Å². The van der Waals surface area contributed by atoms with Gasteiger partial charge in [-0.25, -0.2) is 9.97 Å². The first kappa shape index (κ1) is 12.0. The quantitative estimate of drug-likeness (QED) is 0.794. The minimum atomic E-state index is -0.303. The molecule has 18 heavy (non-hydrogen) atoms. The lowest BCUT2D eigenvalue weighted by Crippen LogP contribution is -2.25. The summed E-state index contributed by atoms with van der Waals surface area (Å²) < 4.78 is 5.09. The van der Waals surface area contributed by atoms with Gasteiger partial charge in [0.2, 0.25) is 17.2 Å². The van der Waals surface area contributed by atoms with Crippen molar-refractivity contribution in [2.45, 2.75) is 13.5 Å². The van der Waals surface area contributed by atoms with E-state index >= 15 is 0 Å². The lowest BCUT2D eigenvalue weighted by Gasteiger charge is -2.09. The number of aromatic amines is 1. The van der Waals surface area contributed by atoms with Gasteiger partial charge in [0.1, 0.15) is 0 Å². The average Bonchev–Trinajstić information content (AvgIpc) is 2.37. The van der Waals surface area contributed by atoms with Gasteiger partial charge in [-0.05, 0) is 0 Å². The fraction of sp³-hybridized carbons (Fsp3) is 0.273. The Kier molecular flexibility index (Phi) is 3.22. The zero-order valence-corrected chi connectivity index (χ0v) is 9.98. The van der Waals surface area contributed by atoms with Gasteiger partial charge < -0.3 is 15.0 Å². The summed E-state index contributed by atoms with van der Waals surface area (Å²) in [5.41, 5.74) is 0.590. The Morgan fingerprint density at radius 3 is 2.83 bits per heavy atom. The molecule has 0 aliphatic rings. The predicted octanol–water partition coefficient (Wildman–Crippen LogP) is -0.0372. The van der Waals surface area contributed by atoms with E-state index in [0.29, 0.717) is 11.2 Å². The number of carbonyl (C=O) groups is 1. The Morgan fingerprint density at radius 1 is 1.44 bits per heavy atom. The summed E-state index contributed by atoms with van der Waals surface area (Å²) in [6, 6.07) is 0. The second kappa shape index (κ2) is 4.82. The van der Waals surface area contributed by atoms with E-state index in [1.807, 2.05) is 0 Å². The summed E-state index contributed by atoms with van der Waals surface area (Å²) in [7, 11) is 1.44. The Bertz CT molecular complexity index is 650. The zero-order chi connectivity index (χ0) is 13.1. The molecule has 7 nitrogen and oxygen atoms in total. The Labute approximate surface area is 102 Å². The van der Waals surface area contributed by atoms with Crippen LogP contribution in [0, 0.1) is 0 Å². The van der Waals surface area contributed by atoms with E-state index < -0.39 is 0 Å². The third-order valence-electron chi connectivity index (χ3n) is 2.41. The third kappa shape index (κ3) is 2.15. The average molecular weight is 248 g/mol. The summed E-state index contributed by atoms with van der Waals surface area (Å²) in [6.07, 6.45) is 2.91. The lowest BCUT2D eigenvalue weighted by molar-refractivity contribution is -0.119. The fourth-order valence-corrected chi connectivity index (χ4v) is 1.57. The zero-order valence-electron chi connectivity index (χ0n) is 9.98. The van der Waals surface area contributed by atoms with E-state index in [-0.39, 0.29) is 29.3 Å². The Morgan fingerprint density at radius 2 is 2.17 bits per heavy atom. The van der Waals surface area contributed by atoms with Crippen molar-refractivity contribution in [1.82, 2.24) is 20.3 Å². The SMILES string of the molecule is COc1[nH]c2nccnc2c(=O)c1CNC(C)=O. The van der Waals surface area contributed by atoms with E-state index in [2.05, 4.69) is 20.3 Å². The molecular formula is C11H12N4O3. The number of methoxy groups -OCH3 is 1. The van der Waals surface area contributed by atoms with Crippen molar-refractivity contribution in [2.75, 3.05) is 7.11 Å². The molecule has 0 bridgehead atoms. The monoisotopic (exact) mass is 248 g/mol. The lowest BCUT2D eigenvalue weighted by atomic mass is 10.2. The van der Waals surface area contributed by atoms with Crippen LogP contribution in [0.1, 0.15) is 12.5 Å². The largest absolute Gasteiger partial charge is 0.482 e. The Balaban J connectivity index is 2.59. The Hall–Kier alpha value is -2.44. The molecule has 2 heterocycles. The second-order valence-electron chi connectivity index (χ2n) is 3.63. The molecule has 0 saturated heterocycles. The van der Waals surface area contributed by atoms with Crippen molar-refractivity contribution in [1.29, 1.82) is 0 Å². The van der Waals surface area contributed by atoms with E-state index in [1.54, 1.807) is 0 Å². The van der Waals surface area contributed by atoms with Crippen LogP contribution in [-0.4, -0.2) is 28.0 Å². The number of H-pyrrole nitrogens is 1. The summed E-state index contributed by atoms with van der Waals surface area (Å²) in [6.45, 7) is 1.46. The molecule has 0 spiro atoms. The first-order valence-electron chi connectivity index (χ1n) is 5.27. The number of fused-ring (bicyclic) bond motifs is 1. The number of hydrogen-bond acceptors (Lipinski definition) is 5. The number of nitrogens with one attached hydrogen (secondary N) is 2. The first-order valence-corrected chi connectivity index (χ1v) is 5.27. The molecule has 0 aliphatic carbocycles. The van der Waals surface area contributed by atoms with Crippen LogP contribution in [-0.2, 0) is 11.3 Å². The highest BCUT2D eigenvalue weighted by atomic mass is 16.5. The number of pyridine rings is 1. The predicted molar refractivity (Wildman–Crippen MR) is 64.2 cm³/mol. The standard InChI is InChI=1S/C11H12N4O3/c1-6(16)14-5-7-9(17)8-10(13-4-3-12-8)15-11(7)18-2/h3-4H,5H2,1-2H3,(H,14,16)(H,13,15,17). The molecule has 2 aromatic heterocycles.